The van der Waals surface area contributed by atoms with E-state index in [0.29, 0.717) is 10.0 Å². The van der Waals surface area contributed by atoms with Crippen molar-refractivity contribution < 1.29 is 8.78 Å². The van der Waals surface area contributed by atoms with Gasteiger partial charge in [-0.15, -0.1) is 0 Å². The fraction of sp³-hybridized carbons (Fsp3) is 0.167. The lowest BCUT2D eigenvalue weighted by Crippen LogP contribution is -2.17. The smallest absolute Gasteiger partial charge is 0.123 e. The summed E-state index contributed by atoms with van der Waals surface area (Å²) in [6.07, 6.45) is 35.9. The van der Waals surface area contributed by atoms with Crippen molar-refractivity contribution in [2.75, 3.05) is 41.3 Å². The van der Waals surface area contributed by atoms with Crippen molar-refractivity contribution in [3.63, 3.8) is 0 Å². The van der Waals surface area contributed by atoms with Gasteiger partial charge in [-0.1, -0.05) is 274 Å². The third kappa shape index (κ3) is 22.5. The average molecular weight is 1630 g/mol. The maximum atomic E-state index is 13.3. The van der Waals surface area contributed by atoms with E-state index < -0.39 is 0 Å². The highest BCUT2D eigenvalue weighted by atomic mass is 79.9. The molecule has 3 aliphatic carbocycles. The minimum Gasteiger partial charge on any atom is -0.347 e. The van der Waals surface area contributed by atoms with Crippen molar-refractivity contribution in [3.05, 3.63) is 384 Å². The van der Waals surface area contributed by atoms with E-state index in [9.17, 15) is 8.78 Å². The largest absolute Gasteiger partial charge is 0.347 e. The van der Waals surface area contributed by atoms with Crippen molar-refractivity contribution in [1.29, 1.82) is 0 Å². The normalized spacial score (nSPS) is 12.9. The van der Waals surface area contributed by atoms with Crippen LogP contribution in [-0.4, -0.2) is 60.2 Å². The van der Waals surface area contributed by atoms with Crippen LogP contribution in [0.4, 0.5) is 8.78 Å². The summed E-state index contributed by atoms with van der Waals surface area (Å²) in [6, 6.07) is 63.3. The Bertz CT molecular complexity index is 5400. The number of para-hydroxylation sites is 2. The van der Waals surface area contributed by atoms with E-state index in [4.69, 9.17) is 69.6 Å². The van der Waals surface area contributed by atoms with Gasteiger partial charge in [-0.3, -0.25) is 0 Å². The Labute approximate surface area is 680 Å². The zero-order valence-corrected chi connectivity index (χ0v) is 68.6. The minimum absolute atomic E-state index is 0.171. The van der Waals surface area contributed by atoms with Gasteiger partial charge in [0.15, 0.2) is 0 Å². The number of benzene rings is 10. The lowest BCUT2D eigenvalue weighted by molar-refractivity contribution is 0.387. The number of aryl methyl sites for hydroxylation is 5. The van der Waals surface area contributed by atoms with Crippen molar-refractivity contribution in [1.82, 2.24) is 18.9 Å². The number of hydrogen-bond donors (Lipinski definition) is 0. The van der Waals surface area contributed by atoms with Crippen LogP contribution in [0.15, 0.2) is 247 Å². The first-order chi connectivity index (χ1) is 52.5. The van der Waals surface area contributed by atoms with Gasteiger partial charge in [-0.05, 0) is 284 Å². The Morgan fingerprint density at radius 2 is 0.743 bits per heavy atom. The van der Waals surface area contributed by atoms with Crippen LogP contribution < -0.4 is 0 Å². The first kappa shape index (κ1) is 81.2. The van der Waals surface area contributed by atoms with E-state index >= 15 is 0 Å². The van der Waals surface area contributed by atoms with Gasteiger partial charge in [-0.25, -0.2) is 8.78 Å². The summed E-state index contributed by atoms with van der Waals surface area (Å²) < 4.78 is 32.3. The first-order valence-electron chi connectivity index (χ1n) is 36.3. The molecular formula is C96H87BrCl6F2N4. The highest BCUT2D eigenvalue weighted by Gasteiger charge is 2.16. The number of rotatable bonds is 17. The monoisotopic (exact) mass is 1620 g/mol. The van der Waals surface area contributed by atoms with Gasteiger partial charge in [0, 0.05) is 78.4 Å². The van der Waals surface area contributed by atoms with Crippen LogP contribution in [0, 0.1) is 39.3 Å². The van der Waals surface area contributed by atoms with Gasteiger partial charge in [-0.2, -0.15) is 0 Å². The Morgan fingerprint density at radius 3 is 1.20 bits per heavy atom. The summed E-state index contributed by atoms with van der Waals surface area (Å²) in [5.74, 6) is -0.358. The summed E-state index contributed by atoms with van der Waals surface area (Å²) in [4.78, 5) is 4.43. The van der Waals surface area contributed by atoms with Crippen molar-refractivity contribution in [3.8, 4) is 0 Å². The fourth-order valence-corrected chi connectivity index (χ4v) is 14.3. The van der Waals surface area contributed by atoms with Gasteiger partial charge in [0.2, 0.25) is 0 Å². The van der Waals surface area contributed by atoms with Crippen LogP contribution in [-0.2, 0) is 32.4 Å². The maximum Gasteiger partial charge on any atom is 0.123 e. The van der Waals surface area contributed by atoms with Crippen LogP contribution in [0.2, 0.25) is 30.1 Å². The molecule has 13 heteroatoms. The molecule has 15 rings (SSSR count). The molecule has 2 heterocycles. The van der Waals surface area contributed by atoms with Gasteiger partial charge in [0.05, 0.1) is 10.0 Å². The van der Waals surface area contributed by atoms with E-state index in [1.165, 1.54) is 78.5 Å². The van der Waals surface area contributed by atoms with Crippen LogP contribution in [0.3, 0.4) is 0 Å². The van der Waals surface area contributed by atoms with Crippen molar-refractivity contribution in [2.24, 2.45) is 0 Å². The molecule has 0 unspecified atom stereocenters. The molecule has 10 aromatic carbocycles. The number of allylic oxidation sites excluding steroid dienone is 9. The Morgan fingerprint density at radius 1 is 0.358 bits per heavy atom. The summed E-state index contributed by atoms with van der Waals surface area (Å²) in [7, 11) is 8.43. The number of fused-ring (bicyclic) bond motifs is 5. The second-order valence-electron chi connectivity index (χ2n) is 27.9. The molecule has 0 spiro atoms. The topological polar surface area (TPSA) is 16.3 Å². The predicted octanol–water partition coefficient (Wildman–Crippen LogP) is 28.3. The molecule has 0 fully saturated rings. The van der Waals surface area contributed by atoms with Crippen molar-refractivity contribution >= 4 is 167 Å². The summed E-state index contributed by atoms with van der Waals surface area (Å²) >= 11 is 39.8. The molecular weight excluding hydrogens is 1540 g/mol. The highest BCUT2D eigenvalue weighted by Crippen LogP contribution is 2.35. The van der Waals surface area contributed by atoms with Gasteiger partial charge in [0.25, 0.3) is 0 Å². The third-order valence-electron chi connectivity index (χ3n) is 19.1. The molecule has 0 saturated heterocycles. The summed E-state index contributed by atoms with van der Waals surface area (Å²) in [5.41, 5.74) is 25.5. The average Bonchev–Trinajstić information content (AvgIpc) is 1.66. The number of likely N-dealkylation sites (N-methyl/N-ethyl adjacent to an activating group) is 1. The molecule has 554 valence electrons. The first-order valence-corrected chi connectivity index (χ1v) is 39.4. The lowest BCUT2D eigenvalue weighted by atomic mass is 10.0. The van der Waals surface area contributed by atoms with E-state index in [2.05, 4.69) is 233 Å². The molecule has 0 bridgehead atoms. The van der Waals surface area contributed by atoms with Crippen LogP contribution in [0.25, 0.3) is 81.1 Å². The van der Waals surface area contributed by atoms with E-state index in [-0.39, 0.29) is 11.6 Å². The molecule has 0 amide bonds. The van der Waals surface area contributed by atoms with E-state index in [0.717, 1.165) is 143 Å². The third-order valence-corrected chi connectivity index (χ3v) is 22.1. The molecule has 2 aromatic heterocycles. The Kier molecular flexibility index (Phi) is 28.8. The molecule has 12 aromatic rings. The molecule has 109 heavy (non-hydrogen) atoms. The Hall–Kier alpha value is -8.80. The fourth-order valence-electron chi connectivity index (χ4n) is 13.1. The van der Waals surface area contributed by atoms with E-state index in [1.807, 2.05) is 119 Å². The highest BCUT2D eigenvalue weighted by molar-refractivity contribution is 9.10. The molecule has 0 atom stereocenters. The summed E-state index contributed by atoms with van der Waals surface area (Å²) in [5, 5.41) is 6.90. The maximum absolute atomic E-state index is 13.3. The minimum atomic E-state index is -0.188. The molecule has 0 radical (unpaired) electrons. The number of halogens is 9. The second kappa shape index (κ2) is 38.7. The van der Waals surface area contributed by atoms with Crippen LogP contribution in [0.1, 0.15) is 101 Å². The number of aromatic nitrogens is 2. The van der Waals surface area contributed by atoms with Crippen LogP contribution in [0.5, 0.6) is 0 Å². The SMILES string of the molecule is CN(C)CCCn1cc(/C=C/c2ccc(Cl)c(Cl)c2)c2ccccc21.Cc1cc(/C=C/C2=CCc3cc(F)ccc32)ccc1Cl.Cc1cc(/C=C/C2=CCc3ccc(Br)cc32)ccc1Cl.Cc1cc(/C=C/C2=CCc3ccc(F)cc32)ccc1Cl.Cc1cc(/C=C/c2cn(CCN(C)C)c3ccccc23)ccc1Cl. The van der Waals surface area contributed by atoms with Crippen LogP contribution >= 0.6 is 85.5 Å². The van der Waals surface area contributed by atoms with Gasteiger partial charge in [0.1, 0.15) is 11.6 Å². The van der Waals surface area contributed by atoms with Gasteiger partial charge >= 0.3 is 0 Å². The van der Waals surface area contributed by atoms with Crippen molar-refractivity contribution in [2.45, 2.75) is 66.5 Å². The second-order valence-corrected chi connectivity index (χ2v) is 31.3. The number of nitrogens with zero attached hydrogens (tertiary/aromatic N) is 4. The quantitative estimate of drug-likeness (QED) is 0.0903. The zero-order chi connectivity index (χ0) is 77.3. The molecule has 3 aliphatic rings. The number of hydrogen-bond acceptors (Lipinski definition) is 2. The molecule has 0 aliphatic heterocycles. The lowest BCUT2D eigenvalue weighted by Gasteiger charge is -2.10. The predicted molar refractivity (Wildman–Crippen MR) is 474 cm³/mol. The molecule has 0 N–H and O–H groups in total. The van der Waals surface area contributed by atoms with E-state index in [1.54, 1.807) is 12.1 Å². The summed E-state index contributed by atoms with van der Waals surface area (Å²) in [6.45, 7) is 12.2. The Balaban J connectivity index is 0.000000136. The standard InChI is InChI=1S/C21H22Cl2N2.C21H23ClN2.C18H14BrCl.2C18H14ClF/c1-24(2)12-5-13-25-15-17(18-6-3-4-7-21(18)25)10-8-16-9-11-19(22)20(23)14-16;1-16-14-17(9-11-20(16)22)8-10-18-15-24(13-12-23(2)3)21-7-5-4-6-19(18)21;1-12-10-13(3-9-18(12)20)2-4-14-5-6-15-7-8-16(19)11-17(14)15;1-12-10-13(3-9-18(12)19)2-4-14-5-6-15-11-16(20)7-8-17(14)15;1-12-10-13(3-9-18(12)19)2-4-14-5-6-15-7-8-16(20)11-17(14)15/h3-4,6-11,14-15H,5,12-13H2,1-2H3;4-11,14-15H,12-13H2,1-3H3;3*2-5,7-11H,6H2,1H3/b2*10-8+;3*4-2+. The molecule has 4 nitrogen and oxygen atoms in total. The molecule has 0 saturated carbocycles. The van der Waals surface area contributed by atoms with Gasteiger partial charge < -0.3 is 18.9 Å². The zero-order valence-electron chi connectivity index (χ0n) is 62.5.